The highest BCUT2D eigenvalue weighted by molar-refractivity contribution is 5.94. The predicted octanol–water partition coefficient (Wildman–Crippen LogP) is 1.82. The first-order valence-electron chi connectivity index (χ1n) is 9.09. The number of hydrogen-bond acceptors (Lipinski definition) is 3. The van der Waals surface area contributed by atoms with Gasteiger partial charge in [-0.1, -0.05) is 54.6 Å². The van der Waals surface area contributed by atoms with Gasteiger partial charge < -0.3 is 16.0 Å². The average Bonchev–Trinajstić information content (AvgIpc) is 3.17. The minimum atomic E-state index is -0.405. The number of amides is 2. The van der Waals surface area contributed by atoms with Crippen LogP contribution in [0.1, 0.15) is 29.5 Å². The van der Waals surface area contributed by atoms with Gasteiger partial charge in [0.15, 0.2) is 0 Å². The zero-order valence-corrected chi connectivity index (χ0v) is 15.2. The largest absolute Gasteiger partial charge is 0.384 e. The number of rotatable bonds is 6. The van der Waals surface area contributed by atoms with Gasteiger partial charge in [-0.25, -0.2) is 0 Å². The molecule has 0 saturated carbocycles. The van der Waals surface area contributed by atoms with Crippen molar-refractivity contribution in [3.63, 3.8) is 0 Å². The zero-order chi connectivity index (χ0) is 19.2. The van der Waals surface area contributed by atoms with Gasteiger partial charge in [0.05, 0.1) is 6.42 Å². The van der Waals surface area contributed by atoms with E-state index in [1.807, 2.05) is 42.5 Å². The van der Waals surface area contributed by atoms with Crippen LogP contribution in [0.25, 0.3) is 0 Å². The van der Waals surface area contributed by atoms with Gasteiger partial charge >= 0.3 is 0 Å². The van der Waals surface area contributed by atoms with E-state index in [2.05, 4.69) is 5.32 Å². The average molecular weight is 364 g/mol. The third kappa shape index (κ3) is 4.73. The molecule has 6 heteroatoms. The molecule has 6 nitrogen and oxygen atoms in total. The standard InChI is InChI=1S/C21H24N4O2/c22-20(23)17-10-8-16(9-11-17)14-24-21(27)18-7-4-12-25(18)19(26)13-15-5-2-1-3-6-15/h1-3,5-6,8-11,18H,4,7,12-14H2,(H3,22,23)(H,24,27)/t18-/m0/s1. The highest BCUT2D eigenvalue weighted by atomic mass is 16.2. The summed E-state index contributed by atoms with van der Waals surface area (Å²) in [6.45, 7) is 1.01. The van der Waals surface area contributed by atoms with Crippen molar-refractivity contribution in [2.75, 3.05) is 6.54 Å². The van der Waals surface area contributed by atoms with Crippen LogP contribution in [0.3, 0.4) is 0 Å². The summed E-state index contributed by atoms with van der Waals surface area (Å²) in [4.78, 5) is 26.9. The molecule has 0 bridgehead atoms. The number of carbonyl (C=O) groups excluding carboxylic acids is 2. The second kappa shape index (κ2) is 8.49. The fraction of sp³-hybridized carbons (Fsp3) is 0.286. The van der Waals surface area contributed by atoms with E-state index in [0.29, 0.717) is 31.5 Å². The maximum Gasteiger partial charge on any atom is 0.243 e. The van der Waals surface area contributed by atoms with Gasteiger partial charge in [0, 0.05) is 18.7 Å². The van der Waals surface area contributed by atoms with E-state index in [0.717, 1.165) is 17.5 Å². The van der Waals surface area contributed by atoms with Crippen LogP contribution in [0.15, 0.2) is 54.6 Å². The Hall–Kier alpha value is -3.15. The fourth-order valence-electron chi connectivity index (χ4n) is 3.32. The van der Waals surface area contributed by atoms with Crippen molar-refractivity contribution >= 4 is 17.6 Å². The molecular formula is C21H24N4O2. The first-order chi connectivity index (χ1) is 13.0. The quantitative estimate of drug-likeness (QED) is 0.538. The lowest BCUT2D eigenvalue weighted by Gasteiger charge is -2.24. The van der Waals surface area contributed by atoms with E-state index in [1.54, 1.807) is 17.0 Å². The summed E-state index contributed by atoms with van der Waals surface area (Å²) in [5.74, 6) is -0.113. The summed E-state index contributed by atoms with van der Waals surface area (Å²) in [5, 5.41) is 10.3. The summed E-state index contributed by atoms with van der Waals surface area (Å²) in [7, 11) is 0. The lowest BCUT2D eigenvalue weighted by atomic mass is 10.1. The van der Waals surface area contributed by atoms with Crippen molar-refractivity contribution in [3.05, 3.63) is 71.3 Å². The van der Waals surface area contributed by atoms with E-state index in [4.69, 9.17) is 11.1 Å². The van der Waals surface area contributed by atoms with E-state index >= 15 is 0 Å². The van der Waals surface area contributed by atoms with Crippen LogP contribution in [-0.4, -0.2) is 35.1 Å². The van der Waals surface area contributed by atoms with E-state index in [9.17, 15) is 9.59 Å². The maximum absolute atomic E-state index is 12.6. The Balaban J connectivity index is 1.56. The normalized spacial score (nSPS) is 16.1. The Morgan fingerprint density at radius 1 is 1.07 bits per heavy atom. The van der Waals surface area contributed by atoms with Crippen LogP contribution in [-0.2, 0) is 22.6 Å². The molecule has 27 heavy (non-hydrogen) atoms. The lowest BCUT2D eigenvalue weighted by molar-refractivity contribution is -0.138. The SMILES string of the molecule is N=C(N)c1ccc(CNC(=O)[C@@H]2CCCN2C(=O)Cc2ccccc2)cc1. The third-order valence-electron chi connectivity index (χ3n) is 4.81. The van der Waals surface area contributed by atoms with Gasteiger partial charge in [0.2, 0.25) is 11.8 Å². The fourth-order valence-corrected chi connectivity index (χ4v) is 3.32. The number of amidine groups is 1. The van der Waals surface area contributed by atoms with Crippen LogP contribution in [0.5, 0.6) is 0 Å². The smallest absolute Gasteiger partial charge is 0.243 e. The molecule has 3 rings (SSSR count). The van der Waals surface area contributed by atoms with Gasteiger partial charge in [0.25, 0.3) is 0 Å². The summed E-state index contributed by atoms with van der Waals surface area (Å²) in [6.07, 6.45) is 1.85. The predicted molar refractivity (Wildman–Crippen MR) is 104 cm³/mol. The van der Waals surface area contributed by atoms with Gasteiger partial charge in [-0.15, -0.1) is 0 Å². The van der Waals surface area contributed by atoms with Gasteiger partial charge in [-0.05, 0) is 24.0 Å². The molecule has 0 radical (unpaired) electrons. The highest BCUT2D eigenvalue weighted by Gasteiger charge is 2.33. The van der Waals surface area contributed by atoms with Crippen molar-refractivity contribution in [2.45, 2.75) is 31.8 Å². The molecule has 1 fully saturated rings. The molecule has 0 aromatic heterocycles. The molecular weight excluding hydrogens is 340 g/mol. The number of nitrogens with one attached hydrogen (secondary N) is 2. The minimum absolute atomic E-state index is 0.00957. The Morgan fingerprint density at radius 3 is 2.44 bits per heavy atom. The molecule has 2 aromatic rings. The first kappa shape index (κ1) is 18.6. The molecule has 2 amide bonds. The van der Waals surface area contributed by atoms with E-state index < -0.39 is 6.04 Å². The topological polar surface area (TPSA) is 99.3 Å². The van der Waals surface area contributed by atoms with Crippen molar-refractivity contribution in [2.24, 2.45) is 5.73 Å². The monoisotopic (exact) mass is 364 g/mol. The second-order valence-electron chi connectivity index (χ2n) is 6.74. The van der Waals surface area contributed by atoms with Gasteiger partial charge in [-0.2, -0.15) is 0 Å². The molecule has 1 heterocycles. The van der Waals surface area contributed by atoms with Crippen molar-refractivity contribution < 1.29 is 9.59 Å². The molecule has 1 aliphatic rings. The third-order valence-corrected chi connectivity index (χ3v) is 4.81. The Bertz CT molecular complexity index is 818. The molecule has 140 valence electrons. The highest BCUT2D eigenvalue weighted by Crippen LogP contribution is 2.19. The van der Waals surface area contributed by atoms with E-state index in [1.165, 1.54) is 0 Å². The summed E-state index contributed by atoms with van der Waals surface area (Å²) in [6, 6.07) is 16.4. The van der Waals surface area contributed by atoms with Crippen LogP contribution in [0.2, 0.25) is 0 Å². The van der Waals surface area contributed by atoms with Crippen molar-refractivity contribution in [1.82, 2.24) is 10.2 Å². The maximum atomic E-state index is 12.6. The molecule has 2 aromatic carbocycles. The molecule has 0 unspecified atom stereocenters. The zero-order valence-electron chi connectivity index (χ0n) is 15.2. The summed E-state index contributed by atoms with van der Waals surface area (Å²) >= 11 is 0. The molecule has 1 atom stereocenters. The molecule has 0 aliphatic carbocycles. The van der Waals surface area contributed by atoms with Crippen LogP contribution in [0.4, 0.5) is 0 Å². The van der Waals surface area contributed by atoms with Gasteiger partial charge in [-0.3, -0.25) is 15.0 Å². The molecule has 1 aliphatic heterocycles. The lowest BCUT2D eigenvalue weighted by Crippen LogP contribution is -2.46. The summed E-state index contributed by atoms with van der Waals surface area (Å²) < 4.78 is 0. The Morgan fingerprint density at radius 2 is 1.78 bits per heavy atom. The number of carbonyl (C=O) groups is 2. The first-order valence-corrected chi connectivity index (χ1v) is 9.09. The number of benzene rings is 2. The van der Waals surface area contributed by atoms with Crippen molar-refractivity contribution in [1.29, 1.82) is 5.41 Å². The van der Waals surface area contributed by atoms with Crippen LogP contribution >= 0.6 is 0 Å². The molecule has 4 N–H and O–H groups in total. The number of likely N-dealkylation sites (tertiary alicyclic amines) is 1. The van der Waals surface area contributed by atoms with Gasteiger partial charge in [0.1, 0.15) is 11.9 Å². The van der Waals surface area contributed by atoms with Crippen molar-refractivity contribution in [3.8, 4) is 0 Å². The Kier molecular flexibility index (Phi) is 5.86. The summed E-state index contributed by atoms with van der Waals surface area (Å²) in [5.41, 5.74) is 7.98. The van der Waals surface area contributed by atoms with E-state index in [-0.39, 0.29) is 17.6 Å². The molecule has 1 saturated heterocycles. The van der Waals surface area contributed by atoms with Crippen LogP contribution < -0.4 is 11.1 Å². The number of nitrogen functional groups attached to an aromatic ring is 1. The number of hydrogen-bond donors (Lipinski definition) is 3. The van der Waals surface area contributed by atoms with Crippen LogP contribution in [0, 0.1) is 5.41 Å². The Labute approximate surface area is 158 Å². The number of nitrogens with two attached hydrogens (primary N) is 1. The number of nitrogens with zero attached hydrogens (tertiary/aromatic N) is 1. The molecule has 0 spiro atoms. The minimum Gasteiger partial charge on any atom is -0.384 e. The second-order valence-corrected chi connectivity index (χ2v) is 6.74.